The van der Waals surface area contributed by atoms with Gasteiger partial charge in [-0.15, -0.1) is 0 Å². The van der Waals surface area contributed by atoms with Crippen LogP contribution in [0.25, 0.3) is 0 Å². The van der Waals surface area contributed by atoms with Gasteiger partial charge in [0.05, 0.1) is 12.0 Å². The van der Waals surface area contributed by atoms with E-state index in [2.05, 4.69) is 0 Å². The lowest BCUT2D eigenvalue weighted by Crippen LogP contribution is -2.09. The van der Waals surface area contributed by atoms with Crippen LogP contribution in [0.3, 0.4) is 0 Å². The molecule has 0 aliphatic heterocycles. The van der Waals surface area contributed by atoms with Gasteiger partial charge in [0.2, 0.25) is 0 Å². The van der Waals surface area contributed by atoms with E-state index in [1.165, 1.54) is 19.2 Å². The van der Waals surface area contributed by atoms with Crippen molar-refractivity contribution in [3.63, 3.8) is 0 Å². The molecule has 0 aromatic heterocycles. The Morgan fingerprint density at radius 1 is 1.47 bits per heavy atom. The summed E-state index contributed by atoms with van der Waals surface area (Å²) in [5.74, 6) is 0.533. The molecule has 0 radical (unpaired) electrons. The molecule has 0 heterocycles. The third-order valence-electron chi connectivity index (χ3n) is 1.96. The maximum Gasteiger partial charge on any atom is 0.294 e. The van der Waals surface area contributed by atoms with Crippen LogP contribution in [-0.4, -0.2) is 26.6 Å². The summed E-state index contributed by atoms with van der Waals surface area (Å²) >= 11 is 0. The van der Waals surface area contributed by atoms with Crippen molar-refractivity contribution in [3.8, 4) is 5.75 Å². The van der Waals surface area contributed by atoms with Crippen LogP contribution < -0.4 is 10.5 Å². The molecule has 0 unspecified atom stereocenters. The van der Waals surface area contributed by atoms with Crippen LogP contribution in [0.5, 0.6) is 5.75 Å². The van der Waals surface area contributed by atoms with Crippen LogP contribution in [0.15, 0.2) is 23.1 Å². The summed E-state index contributed by atoms with van der Waals surface area (Å²) in [5.41, 5.74) is 5.80. The molecule has 5 nitrogen and oxygen atoms in total. The number of hydrogen-bond donors (Lipinski definition) is 2. The summed E-state index contributed by atoms with van der Waals surface area (Å²) < 4.78 is 35.9. The van der Waals surface area contributed by atoms with Crippen LogP contribution >= 0.6 is 0 Å². The first kappa shape index (κ1) is 12.0. The molecule has 1 aromatic carbocycles. The highest BCUT2D eigenvalue weighted by atomic mass is 32.2. The lowest BCUT2D eigenvalue weighted by Gasteiger charge is -2.08. The third kappa shape index (κ3) is 2.92. The lowest BCUT2D eigenvalue weighted by molar-refractivity contribution is 0.413. The molecular formula is C9H13NO4S. The van der Waals surface area contributed by atoms with Crippen LogP contribution in [0.4, 0.5) is 0 Å². The van der Waals surface area contributed by atoms with Crippen molar-refractivity contribution in [2.45, 2.75) is 11.3 Å². The molecule has 0 aliphatic rings. The van der Waals surface area contributed by atoms with E-state index in [1.54, 1.807) is 6.07 Å². The summed E-state index contributed by atoms with van der Waals surface area (Å²) in [5, 5.41) is 0. The number of nitrogens with two attached hydrogens (primary N) is 1. The fourth-order valence-corrected chi connectivity index (χ4v) is 2.02. The Kier molecular flexibility index (Phi) is 3.67. The second-order valence-corrected chi connectivity index (χ2v) is 4.38. The molecule has 0 amide bonds. The Bertz CT molecular complexity index is 441. The molecule has 0 atom stereocenters. The van der Waals surface area contributed by atoms with E-state index in [9.17, 15) is 8.42 Å². The van der Waals surface area contributed by atoms with Crippen molar-refractivity contribution < 1.29 is 17.7 Å². The minimum atomic E-state index is -4.19. The Balaban J connectivity index is 3.27. The zero-order valence-corrected chi connectivity index (χ0v) is 9.12. The molecule has 3 N–H and O–H groups in total. The molecule has 0 fully saturated rings. The maximum absolute atomic E-state index is 11.0. The van der Waals surface area contributed by atoms with Gasteiger partial charge in [-0.3, -0.25) is 4.55 Å². The molecule has 1 rings (SSSR count). The van der Waals surface area contributed by atoms with E-state index >= 15 is 0 Å². The van der Waals surface area contributed by atoms with Gasteiger partial charge in [0.25, 0.3) is 10.1 Å². The summed E-state index contributed by atoms with van der Waals surface area (Å²) in [7, 11) is -2.71. The summed E-state index contributed by atoms with van der Waals surface area (Å²) in [6, 6.07) is 4.33. The minimum absolute atomic E-state index is 0.117. The molecule has 0 saturated carbocycles. The van der Waals surface area contributed by atoms with Gasteiger partial charge in [-0.2, -0.15) is 8.42 Å². The van der Waals surface area contributed by atoms with Crippen molar-refractivity contribution in [3.05, 3.63) is 23.8 Å². The average Bonchev–Trinajstić information content (AvgIpc) is 2.16. The average molecular weight is 231 g/mol. The van der Waals surface area contributed by atoms with Gasteiger partial charge >= 0.3 is 0 Å². The molecule has 15 heavy (non-hydrogen) atoms. The van der Waals surface area contributed by atoms with Gasteiger partial charge in [-0.1, -0.05) is 0 Å². The molecular weight excluding hydrogens is 218 g/mol. The third-order valence-corrected chi connectivity index (χ3v) is 2.91. The summed E-state index contributed by atoms with van der Waals surface area (Å²) in [4.78, 5) is -0.117. The Morgan fingerprint density at radius 2 is 2.13 bits per heavy atom. The maximum atomic E-state index is 11.0. The zero-order valence-electron chi connectivity index (χ0n) is 8.30. The quantitative estimate of drug-likeness (QED) is 0.734. The normalized spacial score (nSPS) is 11.4. The summed E-state index contributed by atoms with van der Waals surface area (Å²) in [6.45, 7) is 0.301. The lowest BCUT2D eigenvalue weighted by atomic mass is 10.1. The number of hydrogen-bond acceptors (Lipinski definition) is 4. The van der Waals surface area contributed by atoms with Crippen LogP contribution in [0, 0.1) is 0 Å². The first-order valence-electron chi connectivity index (χ1n) is 4.33. The number of benzene rings is 1. The van der Waals surface area contributed by atoms with Crippen LogP contribution in [0.1, 0.15) is 5.56 Å². The topological polar surface area (TPSA) is 89.6 Å². The van der Waals surface area contributed by atoms with Crippen molar-refractivity contribution in [1.82, 2.24) is 0 Å². The molecule has 0 saturated heterocycles. The Labute approximate surface area is 88.6 Å². The SMILES string of the molecule is COc1ccc(S(=O)(=O)O)c(CCN)c1. The second-order valence-electron chi connectivity index (χ2n) is 2.99. The number of ether oxygens (including phenoxy) is 1. The standard InChI is InChI=1S/C9H13NO4S/c1-14-8-2-3-9(15(11,12)13)7(6-8)4-5-10/h2-3,6H,4-5,10H2,1H3,(H,11,12,13). The predicted molar refractivity (Wildman–Crippen MR) is 55.6 cm³/mol. The van der Waals surface area contributed by atoms with Crippen LogP contribution in [-0.2, 0) is 16.5 Å². The first-order chi connectivity index (χ1) is 6.99. The molecule has 0 spiro atoms. The molecule has 1 aromatic rings. The van der Waals surface area contributed by atoms with Gasteiger partial charge in [-0.05, 0) is 36.7 Å². The highest BCUT2D eigenvalue weighted by Gasteiger charge is 2.15. The van der Waals surface area contributed by atoms with Crippen LogP contribution in [0.2, 0.25) is 0 Å². The van der Waals surface area contributed by atoms with Gasteiger partial charge < -0.3 is 10.5 Å². The van der Waals surface area contributed by atoms with E-state index in [-0.39, 0.29) is 4.90 Å². The van der Waals surface area contributed by atoms with E-state index in [0.29, 0.717) is 24.3 Å². The largest absolute Gasteiger partial charge is 0.497 e. The monoisotopic (exact) mass is 231 g/mol. The first-order valence-corrected chi connectivity index (χ1v) is 5.77. The van der Waals surface area contributed by atoms with Gasteiger partial charge in [0.1, 0.15) is 5.75 Å². The molecule has 0 aliphatic carbocycles. The zero-order chi connectivity index (χ0) is 11.5. The number of methoxy groups -OCH3 is 1. The van der Waals surface area contributed by atoms with E-state index < -0.39 is 10.1 Å². The minimum Gasteiger partial charge on any atom is -0.497 e. The van der Waals surface area contributed by atoms with Gasteiger partial charge in [-0.25, -0.2) is 0 Å². The van der Waals surface area contributed by atoms with Gasteiger partial charge in [0, 0.05) is 0 Å². The second kappa shape index (κ2) is 4.61. The fraction of sp³-hybridized carbons (Fsp3) is 0.333. The molecule has 0 bridgehead atoms. The summed E-state index contributed by atoms with van der Waals surface area (Å²) in [6.07, 6.45) is 0.367. The van der Waals surface area contributed by atoms with E-state index in [4.69, 9.17) is 15.0 Å². The van der Waals surface area contributed by atoms with E-state index in [0.717, 1.165) is 0 Å². The van der Waals surface area contributed by atoms with Gasteiger partial charge in [0.15, 0.2) is 0 Å². The van der Waals surface area contributed by atoms with Crippen molar-refractivity contribution in [2.24, 2.45) is 5.73 Å². The predicted octanol–water partition coefficient (Wildman–Crippen LogP) is 0.443. The fourth-order valence-electron chi connectivity index (χ4n) is 1.29. The molecule has 84 valence electrons. The van der Waals surface area contributed by atoms with Crippen molar-refractivity contribution in [1.29, 1.82) is 0 Å². The Morgan fingerprint density at radius 3 is 2.60 bits per heavy atom. The van der Waals surface area contributed by atoms with Crippen molar-refractivity contribution >= 4 is 10.1 Å². The molecule has 6 heteroatoms. The smallest absolute Gasteiger partial charge is 0.294 e. The van der Waals surface area contributed by atoms with E-state index in [1.807, 2.05) is 0 Å². The van der Waals surface area contributed by atoms with Crippen molar-refractivity contribution in [2.75, 3.05) is 13.7 Å². The number of rotatable bonds is 4. The Hall–Kier alpha value is -1.11. The highest BCUT2D eigenvalue weighted by Crippen LogP contribution is 2.21. The highest BCUT2D eigenvalue weighted by molar-refractivity contribution is 7.85.